The molecule has 2 unspecified atom stereocenters. The van der Waals surface area contributed by atoms with Crippen LogP contribution < -0.4 is 0 Å². The molecule has 0 fully saturated rings. The van der Waals surface area contributed by atoms with Crippen molar-refractivity contribution in [1.29, 1.82) is 0 Å². The molecule has 1 aromatic rings. The predicted octanol–water partition coefficient (Wildman–Crippen LogP) is 3.08. The zero-order valence-electron chi connectivity index (χ0n) is 9.63. The minimum Gasteiger partial charge on any atom is -0.393 e. The molecule has 1 N–H and O–H groups in total. The van der Waals surface area contributed by atoms with E-state index in [1.807, 2.05) is 20.8 Å². The van der Waals surface area contributed by atoms with Crippen LogP contribution >= 0.6 is 0 Å². The first-order valence-corrected chi connectivity index (χ1v) is 5.47. The monoisotopic (exact) mass is 210 g/mol. The van der Waals surface area contributed by atoms with E-state index < -0.39 is 0 Å². The first kappa shape index (κ1) is 12.2. The van der Waals surface area contributed by atoms with Gasteiger partial charge in [0, 0.05) is 0 Å². The van der Waals surface area contributed by atoms with Gasteiger partial charge in [0.2, 0.25) is 0 Å². The van der Waals surface area contributed by atoms with Gasteiger partial charge in [0.05, 0.1) is 6.10 Å². The average molecular weight is 210 g/mol. The zero-order chi connectivity index (χ0) is 11.4. The maximum atomic E-state index is 13.0. The Kier molecular flexibility index (Phi) is 4.28. The highest BCUT2D eigenvalue weighted by molar-refractivity contribution is 5.27. The van der Waals surface area contributed by atoms with Crippen molar-refractivity contribution in [3.8, 4) is 0 Å². The predicted molar refractivity (Wildman–Crippen MR) is 60.3 cm³/mol. The van der Waals surface area contributed by atoms with E-state index in [-0.39, 0.29) is 17.8 Å². The van der Waals surface area contributed by atoms with Crippen LogP contribution in [-0.2, 0) is 6.42 Å². The molecule has 0 radical (unpaired) electrons. The molecule has 15 heavy (non-hydrogen) atoms. The SMILES string of the molecule is CCC(C)C(O)Cc1cc(F)ccc1C. The average Bonchev–Trinajstić information content (AvgIpc) is 2.22. The fourth-order valence-corrected chi connectivity index (χ4v) is 1.56. The maximum absolute atomic E-state index is 13.0. The van der Waals surface area contributed by atoms with E-state index in [1.54, 1.807) is 6.07 Å². The third kappa shape index (κ3) is 3.31. The van der Waals surface area contributed by atoms with Crippen LogP contribution in [0.3, 0.4) is 0 Å². The van der Waals surface area contributed by atoms with Gasteiger partial charge < -0.3 is 5.11 Å². The van der Waals surface area contributed by atoms with Gasteiger partial charge in [-0.05, 0) is 42.5 Å². The van der Waals surface area contributed by atoms with Crippen molar-refractivity contribution in [2.75, 3.05) is 0 Å². The van der Waals surface area contributed by atoms with Gasteiger partial charge in [-0.2, -0.15) is 0 Å². The second-order valence-electron chi connectivity index (χ2n) is 4.23. The second-order valence-corrected chi connectivity index (χ2v) is 4.23. The van der Waals surface area contributed by atoms with E-state index in [0.717, 1.165) is 17.5 Å². The smallest absolute Gasteiger partial charge is 0.123 e. The second kappa shape index (κ2) is 5.26. The Morgan fingerprint density at radius 2 is 2.07 bits per heavy atom. The van der Waals surface area contributed by atoms with Crippen LogP contribution in [0.25, 0.3) is 0 Å². The first-order valence-electron chi connectivity index (χ1n) is 5.47. The highest BCUT2D eigenvalue weighted by Gasteiger charge is 2.14. The van der Waals surface area contributed by atoms with E-state index >= 15 is 0 Å². The number of rotatable bonds is 4. The van der Waals surface area contributed by atoms with Gasteiger partial charge in [0.15, 0.2) is 0 Å². The summed E-state index contributed by atoms with van der Waals surface area (Å²) in [6, 6.07) is 4.73. The number of halogens is 1. The Morgan fingerprint density at radius 1 is 1.40 bits per heavy atom. The van der Waals surface area contributed by atoms with E-state index in [1.165, 1.54) is 12.1 Å². The minimum atomic E-state index is -0.379. The third-order valence-electron chi connectivity index (χ3n) is 3.04. The molecular formula is C13H19FO. The van der Waals surface area contributed by atoms with Crippen LogP contribution in [0.4, 0.5) is 4.39 Å². The van der Waals surface area contributed by atoms with Crippen LogP contribution in [-0.4, -0.2) is 11.2 Å². The molecule has 84 valence electrons. The summed E-state index contributed by atoms with van der Waals surface area (Å²) in [7, 11) is 0. The summed E-state index contributed by atoms with van der Waals surface area (Å²) in [6.07, 6.45) is 1.10. The Hall–Kier alpha value is -0.890. The molecule has 0 heterocycles. The summed E-state index contributed by atoms with van der Waals surface area (Å²) in [5.41, 5.74) is 1.95. The van der Waals surface area contributed by atoms with Gasteiger partial charge in [0.25, 0.3) is 0 Å². The van der Waals surface area contributed by atoms with Crippen molar-refractivity contribution in [3.63, 3.8) is 0 Å². The molecule has 2 heteroatoms. The topological polar surface area (TPSA) is 20.2 Å². The molecule has 1 nitrogen and oxygen atoms in total. The summed E-state index contributed by atoms with van der Waals surface area (Å²) in [6.45, 7) is 6.00. The van der Waals surface area contributed by atoms with E-state index in [9.17, 15) is 9.50 Å². The van der Waals surface area contributed by atoms with Gasteiger partial charge in [0.1, 0.15) is 5.82 Å². The summed E-state index contributed by atoms with van der Waals surface area (Å²) >= 11 is 0. The molecule has 0 aliphatic heterocycles. The fraction of sp³-hybridized carbons (Fsp3) is 0.538. The fourth-order valence-electron chi connectivity index (χ4n) is 1.56. The number of aliphatic hydroxyl groups excluding tert-OH is 1. The summed E-state index contributed by atoms with van der Waals surface area (Å²) < 4.78 is 13.0. The Bertz CT molecular complexity index is 322. The van der Waals surface area contributed by atoms with Gasteiger partial charge >= 0.3 is 0 Å². The lowest BCUT2D eigenvalue weighted by Crippen LogP contribution is -2.20. The Balaban J connectivity index is 2.75. The molecule has 0 aromatic heterocycles. The molecule has 0 saturated heterocycles. The van der Waals surface area contributed by atoms with Crippen LogP contribution in [0.2, 0.25) is 0 Å². The van der Waals surface area contributed by atoms with Crippen LogP contribution in [0.5, 0.6) is 0 Å². The highest BCUT2D eigenvalue weighted by Crippen LogP contribution is 2.17. The largest absolute Gasteiger partial charge is 0.393 e. The molecule has 0 saturated carbocycles. The summed E-state index contributed by atoms with van der Waals surface area (Å²) in [5.74, 6) is 0.0274. The zero-order valence-corrected chi connectivity index (χ0v) is 9.63. The number of aliphatic hydroxyl groups is 1. The number of aryl methyl sites for hydroxylation is 1. The van der Waals surface area contributed by atoms with E-state index in [2.05, 4.69) is 0 Å². The van der Waals surface area contributed by atoms with Gasteiger partial charge in [-0.3, -0.25) is 0 Å². The minimum absolute atomic E-state index is 0.230. The molecule has 1 rings (SSSR count). The van der Waals surface area contributed by atoms with Crippen molar-refractivity contribution in [1.82, 2.24) is 0 Å². The van der Waals surface area contributed by atoms with Gasteiger partial charge in [-0.1, -0.05) is 26.3 Å². The molecule has 0 spiro atoms. The number of hydrogen-bond acceptors (Lipinski definition) is 1. The molecule has 1 aromatic carbocycles. The highest BCUT2D eigenvalue weighted by atomic mass is 19.1. The van der Waals surface area contributed by atoms with Gasteiger partial charge in [-0.25, -0.2) is 4.39 Å². The van der Waals surface area contributed by atoms with Crippen molar-refractivity contribution in [2.45, 2.75) is 39.7 Å². The van der Waals surface area contributed by atoms with Crippen LogP contribution in [0.15, 0.2) is 18.2 Å². The quantitative estimate of drug-likeness (QED) is 0.809. The standard InChI is InChI=1S/C13H19FO/c1-4-9(2)13(15)8-11-7-12(14)6-5-10(11)3/h5-7,9,13,15H,4,8H2,1-3H3. The first-order chi connectivity index (χ1) is 7.04. The molecule has 0 aliphatic rings. The molecule has 0 amide bonds. The number of hydrogen-bond donors (Lipinski definition) is 1. The Morgan fingerprint density at radius 3 is 2.67 bits per heavy atom. The van der Waals surface area contributed by atoms with E-state index in [4.69, 9.17) is 0 Å². The van der Waals surface area contributed by atoms with E-state index in [0.29, 0.717) is 6.42 Å². The lowest BCUT2D eigenvalue weighted by atomic mass is 9.94. The number of benzene rings is 1. The lowest BCUT2D eigenvalue weighted by molar-refractivity contribution is 0.114. The van der Waals surface area contributed by atoms with Crippen LogP contribution in [0.1, 0.15) is 31.4 Å². The molecule has 0 aliphatic carbocycles. The van der Waals surface area contributed by atoms with Gasteiger partial charge in [-0.15, -0.1) is 0 Å². The molecular weight excluding hydrogens is 191 g/mol. The Labute approximate surface area is 90.9 Å². The summed E-state index contributed by atoms with van der Waals surface area (Å²) in [5, 5.41) is 9.86. The lowest BCUT2D eigenvalue weighted by Gasteiger charge is -2.18. The van der Waals surface area contributed by atoms with Crippen molar-refractivity contribution < 1.29 is 9.50 Å². The van der Waals surface area contributed by atoms with Crippen molar-refractivity contribution in [2.24, 2.45) is 5.92 Å². The molecule has 2 atom stereocenters. The normalized spacial score (nSPS) is 15.0. The van der Waals surface area contributed by atoms with Crippen molar-refractivity contribution in [3.05, 3.63) is 35.1 Å². The molecule has 0 bridgehead atoms. The third-order valence-corrected chi connectivity index (χ3v) is 3.04. The van der Waals surface area contributed by atoms with Crippen molar-refractivity contribution >= 4 is 0 Å². The maximum Gasteiger partial charge on any atom is 0.123 e. The summed E-state index contributed by atoms with van der Waals surface area (Å²) in [4.78, 5) is 0. The van der Waals surface area contributed by atoms with Crippen LogP contribution in [0, 0.1) is 18.7 Å².